The van der Waals surface area contributed by atoms with Crippen molar-refractivity contribution in [3.8, 4) is 5.75 Å². The number of nitrogens with one attached hydrogen (secondary N) is 1. The van der Waals surface area contributed by atoms with Gasteiger partial charge in [-0.15, -0.1) is 0 Å². The number of hydrogen-bond donors (Lipinski definition) is 6. The van der Waals surface area contributed by atoms with Crippen LogP contribution < -0.4 is 16.2 Å². The number of carbonyl (C=O) groups excluding carboxylic acids is 2. The minimum Gasteiger partial charge on any atom is -0.542 e. The number of aliphatic carboxylic acids is 1. The molecule has 3 aromatic carbocycles. The highest BCUT2D eigenvalue weighted by molar-refractivity contribution is 5.80. The van der Waals surface area contributed by atoms with Crippen LogP contribution in [0.1, 0.15) is 34.2 Å². The van der Waals surface area contributed by atoms with Crippen molar-refractivity contribution in [2.75, 3.05) is 6.61 Å². The molecule has 0 radical (unpaired) electrons. The number of halogens is 3. The van der Waals surface area contributed by atoms with Gasteiger partial charge in [0.05, 0.1) is 24.7 Å². The highest BCUT2D eigenvalue weighted by Crippen LogP contribution is 2.22. The van der Waals surface area contributed by atoms with Gasteiger partial charge in [-0.3, -0.25) is 4.79 Å². The highest BCUT2D eigenvalue weighted by Gasteiger charge is 2.29. The van der Waals surface area contributed by atoms with Crippen molar-refractivity contribution in [2.24, 2.45) is 5.92 Å². The molecule has 47 heavy (non-hydrogen) atoms. The van der Waals surface area contributed by atoms with Crippen molar-refractivity contribution in [1.82, 2.24) is 5.32 Å². The molecule has 0 saturated carbocycles. The Balaban J connectivity index is 0.000000984. The number of benzene rings is 3. The molecule has 8 N–H and O–H groups in total. The quantitative estimate of drug-likeness (QED) is 0.143. The monoisotopic (exact) mass is 660 g/mol. The number of carboxylic acids is 1. The summed E-state index contributed by atoms with van der Waals surface area (Å²) in [5.74, 6) is -3.91. The fraction of sp³-hybridized carbons (Fsp3) is 0.371. The maximum Gasteiger partial charge on any atom is 0.430 e. The first-order chi connectivity index (χ1) is 22.1. The lowest BCUT2D eigenvalue weighted by molar-refractivity contribution is -0.436. The first-order valence-electron chi connectivity index (χ1n) is 15.0. The molecular weight excluding hydrogens is 617 g/mol. The average Bonchev–Trinajstić information content (AvgIpc) is 3.01. The molecule has 256 valence electrons. The predicted molar refractivity (Wildman–Crippen MR) is 168 cm³/mol. The van der Waals surface area contributed by atoms with E-state index in [1.807, 2.05) is 74.5 Å². The Morgan fingerprint density at radius 3 is 1.87 bits per heavy atom. The lowest BCUT2D eigenvalue weighted by Crippen LogP contribution is -2.67. The third-order valence-corrected chi connectivity index (χ3v) is 7.57. The molecule has 0 fully saturated rings. The molecule has 12 heteroatoms. The summed E-state index contributed by atoms with van der Waals surface area (Å²) in [5.41, 5.74) is 9.00. The highest BCUT2D eigenvalue weighted by atomic mass is 19.4. The van der Waals surface area contributed by atoms with Crippen LogP contribution in [0.4, 0.5) is 13.2 Å². The first-order valence-corrected chi connectivity index (χ1v) is 15.0. The Kier molecular flexibility index (Phi) is 15.6. The van der Waals surface area contributed by atoms with Gasteiger partial charge in [-0.1, -0.05) is 72.8 Å². The number of amides is 1. The van der Waals surface area contributed by atoms with E-state index in [9.17, 15) is 38.4 Å². The smallest absolute Gasteiger partial charge is 0.430 e. The van der Waals surface area contributed by atoms with E-state index in [0.29, 0.717) is 19.3 Å². The number of aryl methyl sites for hydroxylation is 2. The second kappa shape index (κ2) is 18.8. The minimum absolute atomic E-state index is 0.219. The summed E-state index contributed by atoms with van der Waals surface area (Å²) in [6.07, 6.45) is -2.15. The van der Waals surface area contributed by atoms with Crippen LogP contribution >= 0.6 is 0 Å². The Bertz CT molecular complexity index is 1410. The molecule has 0 aliphatic carbocycles. The fourth-order valence-electron chi connectivity index (χ4n) is 4.98. The maximum absolute atomic E-state index is 13.4. The Morgan fingerprint density at radius 1 is 0.915 bits per heavy atom. The zero-order valence-electron chi connectivity index (χ0n) is 26.4. The van der Waals surface area contributed by atoms with Crippen molar-refractivity contribution in [3.05, 3.63) is 113 Å². The van der Waals surface area contributed by atoms with Crippen molar-refractivity contribution in [2.45, 2.75) is 70.0 Å². The standard InChI is InChI=1S/C33H42N2O5.C2HF3O2/c1-22-16-27(37)17-23(2)28(22)20-30(34)32(39)15-9-14-31(38)29(19-25-12-7-4-8-13-25)33(40)35-26(21-36)18-24-10-5-3-6-11-24;3-2(4,5)1(6)7/h3-14,16-17,26,29-32,36-39H,15,18-21,34H2,1-2H3,(H,35,40);(H,6,7)/b14-9+;/t26-,29+,30-,31-,32-;/m0./s1. The molecular formula is C35H43F3N2O7. The van der Waals surface area contributed by atoms with Gasteiger partial charge in [-0.25, -0.2) is 0 Å². The minimum atomic E-state index is -5.19. The van der Waals surface area contributed by atoms with Crippen molar-refractivity contribution >= 4 is 11.9 Å². The molecule has 1 amide bonds. The first kappa shape index (κ1) is 39.0. The third kappa shape index (κ3) is 13.6. The number of aliphatic hydroxyl groups is 3. The number of phenolic OH excluding ortho intramolecular Hbond substituents is 1. The van der Waals surface area contributed by atoms with Gasteiger partial charge >= 0.3 is 6.18 Å². The van der Waals surface area contributed by atoms with E-state index < -0.39 is 36.3 Å². The number of aliphatic hydroxyl groups excluding tert-OH is 3. The number of phenols is 1. The lowest BCUT2D eigenvalue weighted by Gasteiger charge is -2.24. The Labute approximate surface area is 272 Å². The normalized spacial score (nSPS) is 14.7. The van der Waals surface area contributed by atoms with Gasteiger partial charge in [0.15, 0.2) is 0 Å². The van der Waals surface area contributed by atoms with E-state index in [0.717, 1.165) is 27.8 Å². The molecule has 0 aliphatic rings. The largest absolute Gasteiger partial charge is 0.542 e. The molecule has 3 rings (SSSR count). The Morgan fingerprint density at radius 2 is 1.40 bits per heavy atom. The zero-order valence-corrected chi connectivity index (χ0v) is 26.4. The molecule has 0 saturated heterocycles. The maximum atomic E-state index is 13.4. The van der Waals surface area contributed by atoms with Gasteiger partial charge in [-0.2, -0.15) is 13.2 Å². The molecule has 0 unspecified atom stereocenters. The molecule has 3 aromatic rings. The van der Waals surface area contributed by atoms with Crippen LogP contribution in [-0.4, -0.2) is 69.4 Å². The summed E-state index contributed by atoms with van der Waals surface area (Å²) < 4.78 is 31.5. The molecule has 5 atom stereocenters. The van der Waals surface area contributed by atoms with Gasteiger partial charge in [0.1, 0.15) is 23.9 Å². The summed E-state index contributed by atoms with van der Waals surface area (Å²) >= 11 is 0. The van der Waals surface area contributed by atoms with Crippen LogP contribution in [0.5, 0.6) is 5.75 Å². The molecule has 0 aliphatic heterocycles. The molecule has 9 nitrogen and oxygen atoms in total. The summed E-state index contributed by atoms with van der Waals surface area (Å²) in [6.45, 7) is 3.63. The predicted octanol–water partition coefficient (Wildman–Crippen LogP) is 1.71. The van der Waals surface area contributed by atoms with Crippen molar-refractivity contribution in [1.29, 1.82) is 0 Å². The van der Waals surface area contributed by atoms with Gasteiger partial charge in [0.2, 0.25) is 5.91 Å². The number of alkyl halides is 3. The van der Waals surface area contributed by atoms with Crippen LogP contribution in [0.15, 0.2) is 84.9 Å². The van der Waals surface area contributed by atoms with Gasteiger partial charge in [0, 0.05) is 6.42 Å². The fourth-order valence-corrected chi connectivity index (χ4v) is 4.98. The van der Waals surface area contributed by atoms with Crippen LogP contribution in [0, 0.1) is 19.8 Å². The number of carboxylic acid groups (broad SMARTS) is 1. The van der Waals surface area contributed by atoms with Gasteiger partial charge in [-0.05, 0) is 73.1 Å². The summed E-state index contributed by atoms with van der Waals surface area (Å²) in [5, 5.41) is 53.2. The second-order valence-corrected chi connectivity index (χ2v) is 11.4. The van der Waals surface area contributed by atoms with Gasteiger partial charge < -0.3 is 41.4 Å². The SMILES string of the molecule is Cc1cc(O)cc(C)c1C[C@H]([NH3+])[C@@H](O)C/C=C/[C@H](O)[C@@H](Cc1ccccc1)C(=O)N[C@H](CO)Cc1ccccc1.O=C([O-])C(F)(F)F. The van der Waals surface area contributed by atoms with E-state index in [2.05, 4.69) is 11.1 Å². The topological polar surface area (TPSA) is 178 Å². The summed E-state index contributed by atoms with van der Waals surface area (Å²) in [7, 11) is 0. The number of carbonyl (C=O) groups is 2. The van der Waals surface area contributed by atoms with E-state index in [-0.39, 0.29) is 30.7 Å². The van der Waals surface area contributed by atoms with Crippen LogP contribution in [0.3, 0.4) is 0 Å². The van der Waals surface area contributed by atoms with Gasteiger partial charge in [0.25, 0.3) is 0 Å². The lowest BCUT2D eigenvalue weighted by atomic mass is 9.91. The molecule has 0 aromatic heterocycles. The number of quaternary nitrogens is 1. The van der Waals surface area contributed by atoms with Crippen molar-refractivity contribution < 1.29 is 54.0 Å². The molecule has 0 heterocycles. The van der Waals surface area contributed by atoms with Crippen LogP contribution in [0.25, 0.3) is 0 Å². The van der Waals surface area contributed by atoms with Crippen molar-refractivity contribution in [3.63, 3.8) is 0 Å². The van der Waals surface area contributed by atoms with E-state index in [1.165, 1.54) is 0 Å². The summed E-state index contributed by atoms with van der Waals surface area (Å²) in [6, 6.07) is 21.8. The van der Waals surface area contributed by atoms with Crippen LogP contribution in [0.2, 0.25) is 0 Å². The zero-order chi connectivity index (χ0) is 35.1. The number of rotatable bonds is 14. The Hall–Kier alpha value is -4.23. The molecule has 0 spiro atoms. The summed E-state index contributed by atoms with van der Waals surface area (Å²) in [4.78, 5) is 22.1. The van der Waals surface area contributed by atoms with E-state index in [4.69, 9.17) is 9.90 Å². The third-order valence-electron chi connectivity index (χ3n) is 7.57. The van der Waals surface area contributed by atoms with E-state index in [1.54, 1.807) is 24.3 Å². The second-order valence-electron chi connectivity index (χ2n) is 11.4. The number of aromatic hydroxyl groups is 1. The van der Waals surface area contributed by atoms with E-state index >= 15 is 0 Å². The molecule has 0 bridgehead atoms. The van der Waals surface area contributed by atoms with Crippen LogP contribution in [-0.2, 0) is 28.9 Å². The average molecular weight is 661 g/mol. The number of hydrogen-bond acceptors (Lipinski definition) is 7.